The Hall–Kier alpha value is -0.640. The molecule has 1 aromatic rings. The standard InChI is InChI=1S/C9H15N3S/c1-2-8-10-11-9(13)12(8)6-5-7-3-4-7/h7H,2-6H2,1H3,(H,11,13). The Balaban J connectivity index is 2.06. The zero-order valence-electron chi connectivity index (χ0n) is 7.92. The summed E-state index contributed by atoms with van der Waals surface area (Å²) in [5.74, 6) is 2.05. The average Bonchev–Trinajstić information content (AvgIpc) is 2.88. The van der Waals surface area contributed by atoms with Crippen LogP contribution in [0.25, 0.3) is 0 Å². The summed E-state index contributed by atoms with van der Waals surface area (Å²) in [5, 5.41) is 7.03. The first kappa shape index (κ1) is 8.94. The molecule has 1 heterocycles. The molecule has 72 valence electrons. The van der Waals surface area contributed by atoms with E-state index < -0.39 is 0 Å². The highest BCUT2D eigenvalue weighted by atomic mass is 32.1. The van der Waals surface area contributed by atoms with E-state index in [0.29, 0.717) is 0 Å². The second-order valence-electron chi connectivity index (χ2n) is 3.68. The van der Waals surface area contributed by atoms with Crippen molar-refractivity contribution < 1.29 is 0 Å². The smallest absolute Gasteiger partial charge is 0.195 e. The first-order chi connectivity index (χ1) is 6.31. The van der Waals surface area contributed by atoms with E-state index in [1.54, 1.807) is 0 Å². The number of nitrogens with zero attached hydrogens (tertiary/aromatic N) is 2. The van der Waals surface area contributed by atoms with Crippen molar-refractivity contribution in [3.05, 3.63) is 10.6 Å². The molecule has 1 aliphatic carbocycles. The molecule has 1 fully saturated rings. The van der Waals surface area contributed by atoms with Crippen molar-refractivity contribution in [3.8, 4) is 0 Å². The van der Waals surface area contributed by atoms with Crippen LogP contribution in [0.15, 0.2) is 0 Å². The van der Waals surface area contributed by atoms with Crippen molar-refractivity contribution in [2.45, 2.75) is 39.2 Å². The highest BCUT2D eigenvalue weighted by Gasteiger charge is 2.21. The van der Waals surface area contributed by atoms with Gasteiger partial charge in [0.25, 0.3) is 0 Å². The Bertz CT molecular complexity index is 335. The summed E-state index contributed by atoms with van der Waals surface area (Å²) < 4.78 is 2.91. The highest BCUT2D eigenvalue weighted by molar-refractivity contribution is 7.71. The van der Waals surface area contributed by atoms with Crippen molar-refractivity contribution in [1.29, 1.82) is 0 Å². The number of rotatable bonds is 4. The maximum Gasteiger partial charge on any atom is 0.195 e. The van der Waals surface area contributed by atoms with Gasteiger partial charge in [0.15, 0.2) is 4.77 Å². The van der Waals surface area contributed by atoms with Gasteiger partial charge in [0.05, 0.1) is 0 Å². The summed E-state index contributed by atoms with van der Waals surface area (Å²) in [7, 11) is 0. The Morgan fingerprint density at radius 1 is 1.62 bits per heavy atom. The van der Waals surface area contributed by atoms with E-state index in [2.05, 4.69) is 21.7 Å². The van der Waals surface area contributed by atoms with Crippen LogP contribution in [0.1, 0.15) is 32.0 Å². The molecule has 3 nitrogen and oxygen atoms in total. The topological polar surface area (TPSA) is 33.6 Å². The van der Waals surface area contributed by atoms with E-state index in [0.717, 1.165) is 29.5 Å². The van der Waals surface area contributed by atoms with Gasteiger partial charge in [-0.2, -0.15) is 5.10 Å². The second-order valence-corrected chi connectivity index (χ2v) is 4.07. The minimum absolute atomic E-state index is 0.775. The summed E-state index contributed by atoms with van der Waals surface area (Å²) in [4.78, 5) is 0. The molecule has 0 aromatic carbocycles. The van der Waals surface area contributed by atoms with Gasteiger partial charge in [0, 0.05) is 13.0 Å². The summed E-state index contributed by atoms with van der Waals surface area (Å²) >= 11 is 5.16. The maximum atomic E-state index is 5.16. The van der Waals surface area contributed by atoms with Crippen LogP contribution in [0.5, 0.6) is 0 Å². The largest absolute Gasteiger partial charge is 0.304 e. The first-order valence-corrected chi connectivity index (χ1v) is 5.36. The molecule has 1 N–H and O–H groups in total. The lowest BCUT2D eigenvalue weighted by molar-refractivity contribution is 0.571. The Morgan fingerprint density at radius 3 is 3.00 bits per heavy atom. The molecule has 0 amide bonds. The Kier molecular flexibility index (Phi) is 2.49. The monoisotopic (exact) mass is 197 g/mol. The average molecular weight is 197 g/mol. The molecule has 1 saturated carbocycles. The van der Waals surface area contributed by atoms with Gasteiger partial charge in [-0.3, -0.25) is 5.10 Å². The van der Waals surface area contributed by atoms with E-state index in [1.165, 1.54) is 19.3 Å². The molecular formula is C9H15N3S. The molecule has 0 spiro atoms. The lowest BCUT2D eigenvalue weighted by Gasteiger charge is -2.03. The van der Waals surface area contributed by atoms with Crippen molar-refractivity contribution in [3.63, 3.8) is 0 Å². The third kappa shape index (κ3) is 1.99. The van der Waals surface area contributed by atoms with Gasteiger partial charge >= 0.3 is 0 Å². The third-order valence-electron chi connectivity index (χ3n) is 2.61. The van der Waals surface area contributed by atoms with Crippen LogP contribution in [-0.4, -0.2) is 14.8 Å². The zero-order valence-corrected chi connectivity index (χ0v) is 8.73. The van der Waals surface area contributed by atoms with Gasteiger partial charge in [-0.25, -0.2) is 0 Å². The van der Waals surface area contributed by atoms with E-state index in [4.69, 9.17) is 12.2 Å². The Labute approximate surface area is 83.2 Å². The predicted octanol–water partition coefficient (Wildman–Crippen LogP) is 2.30. The SMILES string of the molecule is CCc1n[nH]c(=S)n1CCC1CC1. The number of nitrogens with one attached hydrogen (secondary N) is 1. The van der Waals surface area contributed by atoms with E-state index >= 15 is 0 Å². The van der Waals surface area contributed by atoms with Crippen molar-refractivity contribution in [2.75, 3.05) is 0 Å². The minimum atomic E-state index is 0.775. The molecule has 1 aliphatic rings. The molecule has 0 atom stereocenters. The van der Waals surface area contributed by atoms with Crippen LogP contribution in [-0.2, 0) is 13.0 Å². The van der Waals surface area contributed by atoms with Crippen LogP contribution in [0.2, 0.25) is 0 Å². The van der Waals surface area contributed by atoms with E-state index in [-0.39, 0.29) is 0 Å². The van der Waals surface area contributed by atoms with Gasteiger partial charge in [-0.1, -0.05) is 19.8 Å². The molecule has 0 radical (unpaired) electrons. The summed E-state index contributed by atoms with van der Waals surface area (Å²) in [6.07, 6.45) is 5.04. The number of hydrogen-bond donors (Lipinski definition) is 1. The number of hydrogen-bond acceptors (Lipinski definition) is 2. The van der Waals surface area contributed by atoms with Crippen LogP contribution >= 0.6 is 12.2 Å². The number of aromatic amines is 1. The molecule has 0 unspecified atom stereocenters. The van der Waals surface area contributed by atoms with Crippen molar-refractivity contribution in [2.24, 2.45) is 5.92 Å². The first-order valence-electron chi connectivity index (χ1n) is 4.95. The van der Waals surface area contributed by atoms with Crippen LogP contribution in [0.4, 0.5) is 0 Å². The maximum absolute atomic E-state index is 5.16. The lowest BCUT2D eigenvalue weighted by Crippen LogP contribution is -2.03. The van der Waals surface area contributed by atoms with Gasteiger partial charge in [-0.15, -0.1) is 0 Å². The Morgan fingerprint density at radius 2 is 2.38 bits per heavy atom. The van der Waals surface area contributed by atoms with Crippen LogP contribution < -0.4 is 0 Å². The van der Waals surface area contributed by atoms with Gasteiger partial charge in [-0.05, 0) is 24.6 Å². The van der Waals surface area contributed by atoms with Gasteiger partial charge in [0.2, 0.25) is 0 Å². The molecule has 4 heteroatoms. The third-order valence-corrected chi connectivity index (χ3v) is 2.92. The summed E-state index contributed by atoms with van der Waals surface area (Å²) in [6, 6.07) is 0. The molecule has 0 aliphatic heterocycles. The molecular weight excluding hydrogens is 182 g/mol. The fraction of sp³-hybridized carbons (Fsp3) is 0.778. The molecule has 0 bridgehead atoms. The zero-order chi connectivity index (χ0) is 9.26. The highest BCUT2D eigenvalue weighted by Crippen LogP contribution is 2.32. The number of aromatic nitrogens is 3. The summed E-state index contributed by atoms with van der Waals surface area (Å²) in [5.41, 5.74) is 0. The van der Waals surface area contributed by atoms with Crippen LogP contribution in [0, 0.1) is 10.7 Å². The lowest BCUT2D eigenvalue weighted by atomic mass is 10.3. The van der Waals surface area contributed by atoms with Gasteiger partial charge < -0.3 is 4.57 Å². The van der Waals surface area contributed by atoms with E-state index in [1.807, 2.05) is 0 Å². The van der Waals surface area contributed by atoms with Crippen LogP contribution in [0.3, 0.4) is 0 Å². The fourth-order valence-corrected chi connectivity index (χ4v) is 1.81. The molecule has 13 heavy (non-hydrogen) atoms. The quantitative estimate of drug-likeness (QED) is 0.751. The summed E-state index contributed by atoms with van der Waals surface area (Å²) in [6.45, 7) is 3.15. The fourth-order valence-electron chi connectivity index (χ4n) is 1.57. The molecule has 0 saturated heterocycles. The minimum Gasteiger partial charge on any atom is -0.304 e. The van der Waals surface area contributed by atoms with Crippen molar-refractivity contribution >= 4 is 12.2 Å². The van der Waals surface area contributed by atoms with Crippen molar-refractivity contribution in [1.82, 2.24) is 14.8 Å². The normalized spacial score (nSPS) is 16.4. The van der Waals surface area contributed by atoms with E-state index in [9.17, 15) is 0 Å². The predicted molar refractivity (Wildman–Crippen MR) is 54.1 cm³/mol. The number of H-pyrrole nitrogens is 1. The molecule has 2 rings (SSSR count). The molecule has 1 aromatic heterocycles. The van der Waals surface area contributed by atoms with Gasteiger partial charge in [0.1, 0.15) is 5.82 Å². The number of aryl methyl sites for hydroxylation is 1. The second kappa shape index (κ2) is 3.62.